The molecule has 3 rings (SSSR count). The van der Waals surface area contributed by atoms with Gasteiger partial charge in [0.2, 0.25) is 0 Å². The lowest BCUT2D eigenvalue weighted by atomic mass is 10.2. The maximum absolute atomic E-state index is 12.0. The van der Waals surface area contributed by atoms with Crippen molar-refractivity contribution in [2.75, 3.05) is 12.4 Å². The van der Waals surface area contributed by atoms with Crippen LogP contribution in [-0.2, 0) is 16.2 Å². The Hall–Kier alpha value is -3.84. The summed E-state index contributed by atoms with van der Waals surface area (Å²) in [7, 11) is 1.53. The van der Waals surface area contributed by atoms with Gasteiger partial charge >= 0.3 is 11.8 Å². The lowest BCUT2D eigenvalue weighted by Gasteiger charge is -2.11. The van der Waals surface area contributed by atoms with Crippen LogP contribution in [0, 0.1) is 6.92 Å². The molecule has 0 aliphatic rings. The quantitative estimate of drug-likeness (QED) is 0.318. The van der Waals surface area contributed by atoms with Crippen LogP contribution in [0.15, 0.2) is 71.8 Å². The van der Waals surface area contributed by atoms with Crippen LogP contribution in [0.1, 0.15) is 16.7 Å². The van der Waals surface area contributed by atoms with Gasteiger partial charge in [-0.05, 0) is 60.5 Å². The number of hydrazone groups is 1. The van der Waals surface area contributed by atoms with Crippen LogP contribution >= 0.6 is 11.6 Å². The molecule has 0 spiro atoms. The van der Waals surface area contributed by atoms with Crippen molar-refractivity contribution >= 4 is 35.3 Å². The Labute approximate surface area is 191 Å². The zero-order valence-corrected chi connectivity index (χ0v) is 18.3. The molecule has 32 heavy (non-hydrogen) atoms. The number of amides is 2. The number of nitrogens with one attached hydrogen (secondary N) is 2. The highest BCUT2D eigenvalue weighted by atomic mass is 35.5. The number of carbonyl (C=O) groups is 2. The largest absolute Gasteiger partial charge is 0.493 e. The average Bonchev–Trinajstić information content (AvgIpc) is 2.80. The van der Waals surface area contributed by atoms with Crippen LogP contribution in [0.25, 0.3) is 0 Å². The molecule has 3 aromatic rings. The van der Waals surface area contributed by atoms with Gasteiger partial charge in [-0.3, -0.25) is 9.59 Å². The fourth-order valence-electron chi connectivity index (χ4n) is 2.67. The zero-order valence-electron chi connectivity index (χ0n) is 17.6. The van der Waals surface area contributed by atoms with Crippen LogP contribution < -0.4 is 20.2 Å². The molecule has 0 aliphatic heterocycles. The molecule has 2 N–H and O–H groups in total. The summed E-state index contributed by atoms with van der Waals surface area (Å²) in [5.41, 5.74) is 5.40. The Bertz CT molecular complexity index is 1110. The number of halogens is 1. The van der Waals surface area contributed by atoms with Gasteiger partial charge in [0.1, 0.15) is 6.61 Å². The molecule has 3 aromatic carbocycles. The van der Waals surface area contributed by atoms with Crippen molar-refractivity contribution in [3.05, 3.63) is 88.4 Å². The number of ether oxygens (including phenoxy) is 2. The number of carbonyl (C=O) groups excluding carboxylic acids is 2. The van der Waals surface area contributed by atoms with E-state index in [0.717, 1.165) is 11.1 Å². The number of anilines is 1. The number of methoxy groups -OCH3 is 1. The van der Waals surface area contributed by atoms with Crippen LogP contribution in [0.4, 0.5) is 5.69 Å². The topological polar surface area (TPSA) is 89.0 Å². The van der Waals surface area contributed by atoms with E-state index < -0.39 is 11.8 Å². The number of hydrogen-bond acceptors (Lipinski definition) is 5. The Kier molecular flexibility index (Phi) is 7.83. The lowest BCUT2D eigenvalue weighted by molar-refractivity contribution is -0.136. The van der Waals surface area contributed by atoms with Gasteiger partial charge in [0.25, 0.3) is 0 Å². The third kappa shape index (κ3) is 6.58. The molecule has 7 nitrogen and oxygen atoms in total. The van der Waals surface area contributed by atoms with Crippen molar-refractivity contribution in [1.29, 1.82) is 0 Å². The average molecular weight is 452 g/mol. The highest BCUT2D eigenvalue weighted by Gasteiger charge is 2.12. The summed E-state index contributed by atoms with van der Waals surface area (Å²) in [5, 5.41) is 7.00. The van der Waals surface area contributed by atoms with Gasteiger partial charge in [0.05, 0.1) is 13.3 Å². The third-order valence-electron chi connectivity index (χ3n) is 4.39. The number of aryl methyl sites for hydroxylation is 1. The predicted molar refractivity (Wildman–Crippen MR) is 124 cm³/mol. The first-order valence-electron chi connectivity index (χ1n) is 9.71. The molecule has 2 amide bonds. The van der Waals surface area contributed by atoms with Crippen molar-refractivity contribution in [3.63, 3.8) is 0 Å². The normalized spacial score (nSPS) is 10.6. The van der Waals surface area contributed by atoms with Gasteiger partial charge in [-0.25, -0.2) is 5.43 Å². The summed E-state index contributed by atoms with van der Waals surface area (Å²) in [5.74, 6) is -0.626. The fourth-order valence-corrected chi connectivity index (χ4v) is 2.79. The van der Waals surface area contributed by atoms with E-state index in [4.69, 9.17) is 21.1 Å². The summed E-state index contributed by atoms with van der Waals surface area (Å²) in [6, 6.07) is 19.7. The summed E-state index contributed by atoms with van der Waals surface area (Å²) >= 11 is 5.89. The molecule has 8 heteroatoms. The summed E-state index contributed by atoms with van der Waals surface area (Å²) in [6.45, 7) is 2.29. The second kappa shape index (κ2) is 11.0. The van der Waals surface area contributed by atoms with Gasteiger partial charge < -0.3 is 14.8 Å². The molecule has 0 atom stereocenters. The third-order valence-corrected chi connectivity index (χ3v) is 4.64. The Morgan fingerprint density at radius 1 is 0.969 bits per heavy atom. The van der Waals surface area contributed by atoms with Gasteiger partial charge in [-0.15, -0.1) is 0 Å². The van der Waals surface area contributed by atoms with E-state index in [2.05, 4.69) is 15.8 Å². The highest BCUT2D eigenvalue weighted by Crippen LogP contribution is 2.28. The molecule has 0 bridgehead atoms. The van der Waals surface area contributed by atoms with Crippen molar-refractivity contribution in [1.82, 2.24) is 5.43 Å². The molecule has 0 fully saturated rings. The van der Waals surface area contributed by atoms with Crippen LogP contribution in [0.2, 0.25) is 5.02 Å². The molecule has 0 radical (unpaired) electrons. The summed E-state index contributed by atoms with van der Waals surface area (Å²) < 4.78 is 11.2. The number of rotatable bonds is 7. The molecule has 0 heterocycles. The van der Waals surface area contributed by atoms with Crippen LogP contribution in [0.3, 0.4) is 0 Å². The molecule has 0 saturated heterocycles. The van der Waals surface area contributed by atoms with E-state index in [-0.39, 0.29) is 0 Å². The van der Waals surface area contributed by atoms with E-state index in [1.807, 2.05) is 31.2 Å². The molecular formula is C24H22ClN3O4. The Morgan fingerprint density at radius 2 is 1.69 bits per heavy atom. The summed E-state index contributed by atoms with van der Waals surface area (Å²) in [4.78, 5) is 23.9. The maximum Gasteiger partial charge on any atom is 0.329 e. The SMILES string of the molecule is COc1cc(/C=N/NC(=O)C(=O)Nc2ccc(C)cc2)ccc1OCc1ccc(Cl)cc1. The number of hydrogen-bond donors (Lipinski definition) is 2. The van der Waals surface area contributed by atoms with Gasteiger partial charge in [-0.2, -0.15) is 5.10 Å². The van der Waals surface area contributed by atoms with E-state index >= 15 is 0 Å². The monoisotopic (exact) mass is 451 g/mol. The molecular weight excluding hydrogens is 430 g/mol. The summed E-state index contributed by atoms with van der Waals surface area (Å²) in [6.07, 6.45) is 1.41. The zero-order chi connectivity index (χ0) is 22.9. The minimum atomic E-state index is -0.878. The Balaban J connectivity index is 1.55. The van der Waals surface area contributed by atoms with E-state index in [1.54, 1.807) is 42.5 Å². The first-order chi connectivity index (χ1) is 15.4. The molecule has 0 unspecified atom stereocenters. The second-order valence-electron chi connectivity index (χ2n) is 6.84. The maximum atomic E-state index is 12.0. The first-order valence-corrected chi connectivity index (χ1v) is 10.1. The molecule has 0 saturated carbocycles. The predicted octanol–water partition coefficient (Wildman–Crippen LogP) is 4.32. The fraction of sp³-hybridized carbons (Fsp3) is 0.125. The lowest BCUT2D eigenvalue weighted by Crippen LogP contribution is -2.32. The smallest absolute Gasteiger partial charge is 0.329 e. The van der Waals surface area contributed by atoms with Gasteiger partial charge in [-0.1, -0.05) is 41.4 Å². The van der Waals surface area contributed by atoms with Crippen LogP contribution in [-0.4, -0.2) is 25.1 Å². The van der Waals surface area contributed by atoms with Gasteiger partial charge in [0.15, 0.2) is 11.5 Å². The van der Waals surface area contributed by atoms with Crippen molar-refractivity contribution in [2.45, 2.75) is 13.5 Å². The number of benzene rings is 3. The van der Waals surface area contributed by atoms with Gasteiger partial charge in [0, 0.05) is 10.7 Å². The molecule has 0 aromatic heterocycles. The minimum Gasteiger partial charge on any atom is -0.493 e. The molecule has 0 aliphatic carbocycles. The number of nitrogens with zero attached hydrogens (tertiary/aromatic N) is 1. The Morgan fingerprint density at radius 3 is 2.38 bits per heavy atom. The minimum absolute atomic E-state index is 0.354. The van der Waals surface area contributed by atoms with Crippen molar-refractivity contribution in [3.8, 4) is 11.5 Å². The highest BCUT2D eigenvalue weighted by molar-refractivity contribution is 6.39. The standard InChI is InChI=1S/C24H22ClN3O4/c1-16-3-10-20(11-4-16)27-23(29)24(30)28-26-14-18-7-12-21(22(13-18)31-2)32-15-17-5-8-19(25)9-6-17/h3-14H,15H2,1-2H3,(H,27,29)(H,28,30)/b26-14+. The van der Waals surface area contributed by atoms with Crippen LogP contribution in [0.5, 0.6) is 11.5 Å². The van der Waals surface area contributed by atoms with E-state index in [9.17, 15) is 9.59 Å². The second-order valence-corrected chi connectivity index (χ2v) is 7.28. The molecule has 164 valence electrons. The van der Waals surface area contributed by atoms with Crippen molar-refractivity contribution in [2.24, 2.45) is 5.10 Å². The van der Waals surface area contributed by atoms with Crippen molar-refractivity contribution < 1.29 is 19.1 Å². The van der Waals surface area contributed by atoms with E-state index in [1.165, 1.54) is 13.3 Å². The first kappa shape index (κ1) is 22.8. The van der Waals surface area contributed by atoms with E-state index in [0.29, 0.717) is 34.4 Å².